The van der Waals surface area contributed by atoms with E-state index in [0.717, 1.165) is 6.42 Å². The number of nitrogens with one attached hydrogen (secondary N) is 1. The van der Waals surface area contributed by atoms with Crippen molar-refractivity contribution in [1.82, 2.24) is 10.3 Å². The Kier molecular flexibility index (Phi) is 5.36. The highest BCUT2D eigenvalue weighted by Gasteiger charge is 2.16. The normalized spacial score (nSPS) is 12.2. The second-order valence-electron chi connectivity index (χ2n) is 4.35. The summed E-state index contributed by atoms with van der Waals surface area (Å²) >= 11 is 1.27. The Morgan fingerprint density at radius 2 is 2.28 bits per heavy atom. The van der Waals surface area contributed by atoms with E-state index in [0.29, 0.717) is 23.0 Å². The van der Waals surface area contributed by atoms with Crippen molar-refractivity contribution in [3.63, 3.8) is 0 Å². The van der Waals surface area contributed by atoms with E-state index in [9.17, 15) is 4.79 Å². The van der Waals surface area contributed by atoms with E-state index in [1.54, 1.807) is 6.92 Å². The van der Waals surface area contributed by atoms with Crippen LogP contribution < -0.4 is 16.0 Å². The molecule has 7 heteroatoms. The van der Waals surface area contributed by atoms with Crippen LogP contribution in [0.1, 0.15) is 29.4 Å². The molecule has 0 aromatic carbocycles. The van der Waals surface area contributed by atoms with Crippen LogP contribution in [0.3, 0.4) is 0 Å². The Morgan fingerprint density at radius 1 is 1.61 bits per heavy atom. The average Bonchev–Trinajstić information content (AvgIpc) is 2.66. The van der Waals surface area contributed by atoms with Crippen molar-refractivity contribution in [2.45, 2.75) is 25.9 Å². The first-order chi connectivity index (χ1) is 8.41. The number of hydrogen-bond donors (Lipinski definition) is 3. The molecule has 102 valence electrons. The molecule has 0 bridgehead atoms. The number of rotatable bonds is 6. The molecule has 1 amide bonds. The van der Waals surface area contributed by atoms with Crippen LogP contribution in [0, 0.1) is 0 Å². The van der Waals surface area contributed by atoms with Crippen LogP contribution in [0.2, 0.25) is 0 Å². The zero-order valence-electron chi connectivity index (χ0n) is 10.9. The summed E-state index contributed by atoms with van der Waals surface area (Å²) in [6, 6.07) is 0. The predicted molar refractivity (Wildman–Crippen MR) is 74.1 cm³/mol. The minimum absolute atomic E-state index is 0.205. The number of hydrogen-bond acceptors (Lipinski definition) is 6. The molecule has 0 aliphatic carbocycles. The summed E-state index contributed by atoms with van der Waals surface area (Å²) in [7, 11) is 3.70. The van der Waals surface area contributed by atoms with Gasteiger partial charge in [-0.05, 0) is 19.8 Å². The van der Waals surface area contributed by atoms with Gasteiger partial charge in [-0.3, -0.25) is 4.79 Å². The van der Waals surface area contributed by atoms with E-state index in [1.165, 1.54) is 11.3 Å². The van der Waals surface area contributed by atoms with Gasteiger partial charge < -0.3 is 21.1 Å². The molecule has 1 aromatic rings. The number of nitrogens with zero attached hydrogens (tertiary/aromatic N) is 2. The van der Waals surface area contributed by atoms with Gasteiger partial charge in [0.1, 0.15) is 10.7 Å². The second kappa shape index (κ2) is 6.55. The fourth-order valence-electron chi connectivity index (χ4n) is 1.35. The van der Waals surface area contributed by atoms with Crippen LogP contribution in [0.25, 0.3) is 0 Å². The maximum Gasteiger partial charge on any atom is 0.265 e. The molecule has 1 rings (SSSR count). The maximum absolute atomic E-state index is 11.8. The Hall–Kier alpha value is -1.34. The number of carbonyl (C=O) groups excluding carboxylic acids is 1. The van der Waals surface area contributed by atoms with Gasteiger partial charge in [0, 0.05) is 20.6 Å². The van der Waals surface area contributed by atoms with Gasteiger partial charge >= 0.3 is 0 Å². The minimum atomic E-state index is -0.337. The Balaban J connectivity index is 2.51. The summed E-state index contributed by atoms with van der Waals surface area (Å²) in [5, 5.41) is 12.6. The lowest BCUT2D eigenvalue weighted by molar-refractivity contribution is 0.0954. The highest BCUT2D eigenvalue weighted by atomic mass is 32.1. The van der Waals surface area contributed by atoms with Gasteiger partial charge in [0.25, 0.3) is 5.91 Å². The van der Waals surface area contributed by atoms with E-state index in [1.807, 2.05) is 19.0 Å². The van der Waals surface area contributed by atoms with Crippen LogP contribution >= 0.6 is 11.3 Å². The van der Waals surface area contributed by atoms with Crippen LogP contribution in [0.5, 0.6) is 0 Å². The van der Waals surface area contributed by atoms with E-state index >= 15 is 0 Å². The van der Waals surface area contributed by atoms with Crippen molar-refractivity contribution in [3.8, 4) is 0 Å². The molecular weight excluding hydrogens is 252 g/mol. The summed E-state index contributed by atoms with van der Waals surface area (Å²) in [6.45, 7) is 2.25. The summed E-state index contributed by atoms with van der Waals surface area (Å²) in [5.41, 5.74) is 5.70. The molecule has 0 fully saturated rings. The third-order valence-electron chi connectivity index (χ3n) is 2.32. The predicted octanol–water partition coefficient (Wildman–Crippen LogP) is 0.682. The molecule has 0 aliphatic rings. The van der Waals surface area contributed by atoms with Gasteiger partial charge in [-0.1, -0.05) is 11.3 Å². The van der Waals surface area contributed by atoms with Crippen LogP contribution in [-0.2, 0) is 0 Å². The zero-order chi connectivity index (χ0) is 13.7. The molecule has 0 radical (unpaired) electrons. The quantitative estimate of drug-likeness (QED) is 0.662. The molecule has 0 spiro atoms. The summed E-state index contributed by atoms with van der Waals surface area (Å²) < 4.78 is 0. The average molecular weight is 272 g/mol. The van der Waals surface area contributed by atoms with Crippen LogP contribution in [0.4, 0.5) is 10.9 Å². The largest absolute Gasteiger partial charge is 0.393 e. The van der Waals surface area contributed by atoms with Crippen molar-refractivity contribution in [2.75, 3.05) is 31.3 Å². The molecule has 0 saturated carbocycles. The van der Waals surface area contributed by atoms with Gasteiger partial charge in [-0.15, -0.1) is 0 Å². The number of thiazole rings is 1. The van der Waals surface area contributed by atoms with Crippen molar-refractivity contribution in [2.24, 2.45) is 0 Å². The molecule has 1 heterocycles. The maximum atomic E-state index is 11.8. The monoisotopic (exact) mass is 272 g/mol. The van der Waals surface area contributed by atoms with Crippen molar-refractivity contribution >= 4 is 28.2 Å². The molecular formula is C11H20N4O2S. The van der Waals surface area contributed by atoms with Gasteiger partial charge in [-0.2, -0.15) is 0 Å². The third kappa shape index (κ3) is 4.15. The topological polar surface area (TPSA) is 91.5 Å². The Morgan fingerprint density at radius 3 is 2.78 bits per heavy atom. The van der Waals surface area contributed by atoms with Crippen LogP contribution in [0.15, 0.2) is 0 Å². The van der Waals surface area contributed by atoms with E-state index in [-0.39, 0.29) is 17.8 Å². The highest BCUT2D eigenvalue weighted by Crippen LogP contribution is 2.26. The van der Waals surface area contributed by atoms with Gasteiger partial charge in [0.15, 0.2) is 5.13 Å². The summed E-state index contributed by atoms with van der Waals surface area (Å²) in [4.78, 5) is 18.2. The van der Waals surface area contributed by atoms with Crippen molar-refractivity contribution in [1.29, 1.82) is 0 Å². The zero-order valence-corrected chi connectivity index (χ0v) is 11.8. The van der Waals surface area contributed by atoms with Crippen LogP contribution in [-0.4, -0.2) is 42.7 Å². The minimum Gasteiger partial charge on any atom is -0.393 e. The number of aliphatic hydroxyl groups excluding tert-OH is 1. The van der Waals surface area contributed by atoms with Gasteiger partial charge in [0.05, 0.1) is 6.10 Å². The van der Waals surface area contributed by atoms with Gasteiger partial charge in [0.2, 0.25) is 0 Å². The van der Waals surface area contributed by atoms with Crippen molar-refractivity contribution in [3.05, 3.63) is 4.88 Å². The van der Waals surface area contributed by atoms with E-state index in [4.69, 9.17) is 10.8 Å². The first kappa shape index (κ1) is 14.7. The highest BCUT2D eigenvalue weighted by molar-refractivity contribution is 7.18. The van der Waals surface area contributed by atoms with E-state index < -0.39 is 0 Å². The number of aromatic nitrogens is 1. The van der Waals surface area contributed by atoms with E-state index in [2.05, 4.69) is 10.3 Å². The lowest BCUT2D eigenvalue weighted by atomic mass is 10.2. The molecule has 1 unspecified atom stereocenters. The lowest BCUT2D eigenvalue weighted by Gasteiger charge is -2.06. The van der Waals surface area contributed by atoms with Crippen molar-refractivity contribution < 1.29 is 9.90 Å². The number of nitrogens with two attached hydrogens (primary N) is 1. The SMILES string of the molecule is CC(O)CCCNC(=O)c1sc(N(C)C)nc1N. The molecule has 1 aromatic heterocycles. The molecule has 4 N–H and O–H groups in total. The summed E-state index contributed by atoms with van der Waals surface area (Å²) in [5.74, 6) is 0.0559. The first-order valence-electron chi connectivity index (χ1n) is 5.81. The van der Waals surface area contributed by atoms with Gasteiger partial charge in [-0.25, -0.2) is 4.98 Å². The molecule has 0 saturated heterocycles. The fraction of sp³-hybridized carbons (Fsp3) is 0.636. The Labute approximate surface area is 111 Å². The number of carbonyl (C=O) groups is 1. The number of amides is 1. The molecule has 18 heavy (non-hydrogen) atoms. The number of anilines is 2. The second-order valence-corrected chi connectivity index (χ2v) is 5.33. The third-order valence-corrected chi connectivity index (χ3v) is 3.55. The standard InChI is InChI=1S/C11H20N4O2S/c1-7(16)5-4-6-13-10(17)8-9(12)14-11(18-8)15(2)3/h7,16H,4-6,12H2,1-3H3,(H,13,17). The summed E-state index contributed by atoms with van der Waals surface area (Å²) in [6.07, 6.45) is 1.07. The number of aliphatic hydroxyl groups is 1. The number of nitrogen functional groups attached to an aromatic ring is 1. The molecule has 6 nitrogen and oxygen atoms in total. The lowest BCUT2D eigenvalue weighted by Crippen LogP contribution is -2.25. The smallest absolute Gasteiger partial charge is 0.265 e. The molecule has 0 aliphatic heterocycles. The first-order valence-corrected chi connectivity index (χ1v) is 6.63. The fourth-order valence-corrected chi connectivity index (χ4v) is 2.18. The molecule has 1 atom stereocenters. The Bertz CT molecular complexity index is 404.